The van der Waals surface area contributed by atoms with E-state index < -0.39 is 0 Å². The molecule has 174 valence electrons. The highest BCUT2D eigenvalue weighted by Crippen LogP contribution is 2.33. The number of hydrogen-bond donors (Lipinski definition) is 0. The van der Waals surface area contributed by atoms with Crippen molar-refractivity contribution < 1.29 is 4.74 Å². The van der Waals surface area contributed by atoms with Gasteiger partial charge in [-0.2, -0.15) is 0 Å². The highest BCUT2D eigenvalue weighted by Gasteiger charge is 2.19. The normalized spacial score (nSPS) is 11.5. The van der Waals surface area contributed by atoms with Crippen LogP contribution in [-0.2, 0) is 21.1 Å². The van der Waals surface area contributed by atoms with E-state index in [0.29, 0.717) is 0 Å². The number of aromatic nitrogens is 6. The molecular formula is C27H24N6O2. The van der Waals surface area contributed by atoms with Crippen LogP contribution in [0.4, 0.5) is 0 Å². The van der Waals surface area contributed by atoms with E-state index in [0.717, 1.165) is 56.1 Å². The highest BCUT2D eigenvalue weighted by atomic mass is 16.5. The number of benzene rings is 3. The number of nitrogens with zero attached hydrogens (tertiary/aromatic N) is 6. The molecule has 3 aromatic heterocycles. The third-order valence-electron chi connectivity index (χ3n) is 6.62. The molecule has 6 rings (SSSR count). The molecule has 8 heteroatoms. The topological polar surface area (TPSA) is 71.8 Å². The fraction of sp³-hybridized carbons (Fsp3) is 0.148. The van der Waals surface area contributed by atoms with Crippen LogP contribution in [0.2, 0.25) is 0 Å². The van der Waals surface area contributed by atoms with Gasteiger partial charge in [-0.05, 0) is 53.6 Å². The van der Waals surface area contributed by atoms with Crippen LogP contribution in [0, 0.1) is 0 Å². The van der Waals surface area contributed by atoms with Gasteiger partial charge in [0.25, 0.3) is 0 Å². The molecular weight excluding hydrogens is 440 g/mol. The number of hydrogen-bond acceptors (Lipinski definition) is 4. The Morgan fingerprint density at radius 1 is 0.829 bits per heavy atom. The fourth-order valence-corrected chi connectivity index (χ4v) is 4.70. The smallest absolute Gasteiger partial charge is 0.328 e. The SMILES string of the molecule is COc1cccc(-c2ccc3c(c2)nc(-c2cncn2C)n3-c2ccc3c(c2)n(C)c(=O)n3C)c1. The molecule has 0 saturated heterocycles. The quantitative estimate of drug-likeness (QED) is 0.390. The molecule has 8 nitrogen and oxygen atoms in total. The molecule has 0 bridgehead atoms. The minimum Gasteiger partial charge on any atom is -0.497 e. The van der Waals surface area contributed by atoms with E-state index in [9.17, 15) is 4.79 Å². The summed E-state index contributed by atoms with van der Waals surface area (Å²) in [5.74, 6) is 1.59. The first-order valence-electron chi connectivity index (χ1n) is 11.3. The number of fused-ring (bicyclic) bond motifs is 2. The highest BCUT2D eigenvalue weighted by molar-refractivity contribution is 5.88. The summed E-state index contributed by atoms with van der Waals surface area (Å²) in [6.07, 6.45) is 3.59. The fourth-order valence-electron chi connectivity index (χ4n) is 4.70. The van der Waals surface area contributed by atoms with Gasteiger partial charge in [0.05, 0.1) is 41.7 Å². The standard InChI is InChI=1S/C27H24N6O2/c1-30-16-28-15-25(30)26-29-21-13-18(17-6-5-7-20(12-17)35-4)8-10-22(21)33(26)19-9-11-23-24(14-19)32(3)27(34)31(23)2/h5-16H,1-4H3. The lowest BCUT2D eigenvalue weighted by Crippen LogP contribution is -2.19. The summed E-state index contributed by atoms with van der Waals surface area (Å²) in [6.45, 7) is 0. The van der Waals surface area contributed by atoms with Crippen molar-refractivity contribution in [2.75, 3.05) is 7.11 Å². The molecule has 0 atom stereocenters. The molecule has 0 fully saturated rings. The van der Waals surface area contributed by atoms with Crippen LogP contribution in [0.15, 0.2) is 78.0 Å². The number of imidazole rings is 3. The van der Waals surface area contributed by atoms with Gasteiger partial charge >= 0.3 is 5.69 Å². The van der Waals surface area contributed by atoms with Crippen LogP contribution in [0.5, 0.6) is 5.75 Å². The van der Waals surface area contributed by atoms with Gasteiger partial charge in [0.1, 0.15) is 11.4 Å². The Labute approximate surface area is 201 Å². The molecule has 0 unspecified atom stereocenters. The second-order valence-corrected chi connectivity index (χ2v) is 8.67. The van der Waals surface area contributed by atoms with E-state index in [4.69, 9.17) is 9.72 Å². The second kappa shape index (κ2) is 7.73. The maximum absolute atomic E-state index is 12.5. The van der Waals surface area contributed by atoms with Gasteiger partial charge in [-0.25, -0.2) is 14.8 Å². The number of ether oxygens (including phenoxy) is 1. The predicted molar refractivity (Wildman–Crippen MR) is 137 cm³/mol. The minimum atomic E-state index is -0.0533. The molecule has 3 heterocycles. The van der Waals surface area contributed by atoms with Gasteiger partial charge < -0.3 is 9.30 Å². The maximum Gasteiger partial charge on any atom is 0.328 e. The van der Waals surface area contributed by atoms with Gasteiger partial charge in [0.15, 0.2) is 5.82 Å². The molecule has 0 amide bonds. The summed E-state index contributed by atoms with van der Waals surface area (Å²) in [6, 6.07) is 20.3. The predicted octanol–water partition coefficient (Wildman–Crippen LogP) is 4.29. The van der Waals surface area contributed by atoms with Gasteiger partial charge in [-0.15, -0.1) is 0 Å². The lowest BCUT2D eigenvalue weighted by atomic mass is 10.0. The molecule has 3 aromatic carbocycles. The Balaban J connectivity index is 1.61. The summed E-state index contributed by atoms with van der Waals surface area (Å²) < 4.78 is 12.8. The Bertz CT molecular complexity index is 1800. The molecule has 35 heavy (non-hydrogen) atoms. The summed E-state index contributed by atoms with van der Waals surface area (Å²) in [7, 11) is 7.21. The average molecular weight is 465 g/mol. The summed E-state index contributed by atoms with van der Waals surface area (Å²) in [5, 5.41) is 0. The Hall–Kier alpha value is -4.59. The van der Waals surface area contributed by atoms with Crippen molar-refractivity contribution in [3.63, 3.8) is 0 Å². The van der Waals surface area contributed by atoms with E-state index in [1.54, 1.807) is 36.7 Å². The third kappa shape index (κ3) is 3.18. The Kier molecular flexibility index (Phi) is 4.63. The molecule has 0 saturated carbocycles. The molecule has 0 N–H and O–H groups in total. The van der Waals surface area contributed by atoms with Gasteiger partial charge in [-0.1, -0.05) is 18.2 Å². The maximum atomic E-state index is 12.5. The minimum absolute atomic E-state index is 0.0533. The van der Waals surface area contributed by atoms with Crippen molar-refractivity contribution in [2.45, 2.75) is 0 Å². The molecule has 0 spiro atoms. The van der Waals surface area contributed by atoms with Crippen molar-refractivity contribution in [3.05, 3.63) is 83.7 Å². The van der Waals surface area contributed by atoms with Crippen LogP contribution < -0.4 is 10.4 Å². The zero-order valence-electron chi connectivity index (χ0n) is 19.9. The van der Waals surface area contributed by atoms with Crippen LogP contribution in [0.3, 0.4) is 0 Å². The molecule has 6 aromatic rings. The van der Waals surface area contributed by atoms with E-state index in [1.165, 1.54) is 0 Å². The first kappa shape index (κ1) is 21.0. The van der Waals surface area contributed by atoms with E-state index in [1.807, 2.05) is 54.2 Å². The lowest BCUT2D eigenvalue weighted by Gasteiger charge is -2.11. The van der Waals surface area contributed by atoms with Crippen molar-refractivity contribution in [2.24, 2.45) is 21.1 Å². The van der Waals surface area contributed by atoms with Crippen molar-refractivity contribution in [1.82, 2.24) is 28.2 Å². The van der Waals surface area contributed by atoms with E-state index in [2.05, 4.69) is 33.8 Å². The third-order valence-corrected chi connectivity index (χ3v) is 6.62. The van der Waals surface area contributed by atoms with Crippen LogP contribution >= 0.6 is 0 Å². The number of methoxy groups -OCH3 is 1. The molecule has 0 aliphatic rings. The summed E-state index contributed by atoms with van der Waals surface area (Å²) >= 11 is 0. The van der Waals surface area contributed by atoms with Crippen molar-refractivity contribution in [3.8, 4) is 34.1 Å². The van der Waals surface area contributed by atoms with Crippen LogP contribution in [0.1, 0.15) is 0 Å². The van der Waals surface area contributed by atoms with Crippen molar-refractivity contribution in [1.29, 1.82) is 0 Å². The Morgan fingerprint density at radius 3 is 2.37 bits per heavy atom. The van der Waals surface area contributed by atoms with Crippen molar-refractivity contribution >= 4 is 22.1 Å². The zero-order chi connectivity index (χ0) is 24.3. The van der Waals surface area contributed by atoms with Gasteiger partial charge in [-0.3, -0.25) is 13.7 Å². The van der Waals surface area contributed by atoms with Crippen LogP contribution in [0.25, 0.3) is 50.4 Å². The molecule has 0 aliphatic carbocycles. The summed E-state index contributed by atoms with van der Waals surface area (Å²) in [5.41, 5.74) is 7.45. The van der Waals surface area contributed by atoms with E-state index >= 15 is 0 Å². The first-order chi connectivity index (χ1) is 17.0. The largest absolute Gasteiger partial charge is 0.497 e. The van der Waals surface area contributed by atoms with Gasteiger partial charge in [0, 0.05) is 26.8 Å². The monoisotopic (exact) mass is 464 g/mol. The van der Waals surface area contributed by atoms with E-state index in [-0.39, 0.29) is 5.69 Å². The van der Waals surface area contributed by atoms with Crippen LogP contribution in [-0.4, -0.2) is 35.3 Å². The number of rotatable bonds is 4. The zero-order valence-corrected chi connectivity index (χ0v) is 19.9. The molecule has 0 aliphatic heterocycles. The average Bonchev–Trinajstić information content (AvgIpc) is 3.54. The second-order valence-electron chi connectivity index (χ2n) is 8.67. The first-order valence-corrected chi connectivity index (χ1v) is 11.3. The summed E-state index contributed by atoms with van der Waals surface area (Å²) in [4.78, 5) is 21.9. The lowest BCUT2D eigenvalue weighted by molar-refractivity contribution is 0.415. The van der Waals surface area contributed by atoms with Gasteiger partial charge in [0.2, 0.25) is 0 Å². The number of aryl methyl sites for hydroxylation is 3. The Morgan fingerprint density at radius 2 is 1.60 bits per heavy atom. The molecule has 0 radical (unpaired) electrons.